The van der Waals surface area contributed by atoms with Gasteiger partial charge in [0.1, 0.15) is 5.76 Å². The minimum absolute atomic E-state index is 0.00949. The van der Waals surface area contributed by atoms with Crippen LogP contribution in [0.25, 0.3) is 0 Å². The molecule has 6 atom stereocenters. The highest BCUT2D eigenvalue weighted by Gasteiger charge is 2.55. The average Bonchev–Trinajstić information content (AvgIpc) is 3.18. The lowest BCUT2D eigenvalue weighted by Gasteiger charge is -2.47. The summed E-state index contributed by atoms with van der Waals surface area (Å²) in [6, 6.07) is -0.248. The highest BCUT2D eigenvalue weighted by Crippen LogP contribution is 2.56. The number of aliphatic hydroxyl groups is 2. The fraction of sp³-hybridized carbons (Fsp3) is 0.545. The third kappa shape index (κ3) is 2.50. The number of ether oxygens (including phenoxy) is 1. The number of ketones is 1. The van der Waals surface area contributed by atoms with E-state index in [-0.39, 0.29) is 36.0 Å². The molecule has 5 rings (SSSR count). The van der Waals surface area contributed by atoms with Crippen molar-refractivity contribution in [2.45, 2.75) is 69.9 Å². The quantitative estimate of drug-likeness (QED) is 0.666. The monoisotopic (exact) mass is 399 g/mol. The van der Waals surface area contributed by atoms with Gasteiger partial charge in [0.2, 0.25) is 0 Å². The number of carboxylic acids is 1. The van der Waals surface area contributed by atoms with Crippen LogP contribution in [0.2, 0.25) is 0 Å². The molecule has 154 valence electrons. The number of carbonyl (C=O) groups excluding carboxylic acids is 1. The number of hydrogen-bond donors (Lipinski definition) is 3. The van der Waals surface area contributed by atoms with Crippen LogP contribution in [-0.4, -0.2) is 62.4 Å². The predicted molar refractivity (Wildman–Crippen MR) is 103 cm³/mol. The van der Waals surface area contributed by atoms with E-state index in [2.05, 4.69) is 4.90 Å². The van der Waals surface area contributed by atoms with Gasteiger partial charge in [-0.25, -0.2) is 0 Å². The van der Waals surface area contributed by atoms with Gasteiger partial charge in [-0.3, -0.25) is 9.59 Å². The Balaban J connectivity index is 1.67. The number of carboxylic acid groups (broad SMARTS) is 1. The number of carbonyl (C=O) groups is 2. The van der Waals surface area contributed by atoms with Crippen LogP contribution in [0, 0.1) is 5.92 Å². The Labute approximate surface area is 168 Å². The second-order valence-corrected chi connectivity index (χ2v) is 8.69. The minimum Gasteiger partial charge on any atom is -0.507 e. The predicted octanol–water partition coefficient (Wildman–Crippen LogP) is 2.00. The van der Waals surface area contributed by atoms with Crippen molar-refractivity contribution in [1.82, 2.24) is 4.90 Å². The van der Waals surface area contributed by atoms with Gasteiger partial charge in [-0.2, -0.15) is 0 Å². The number of aliphatic hydroxyl groups excluding tert-OH is 2. The highest BCUT2D eigenvalue weighted by atomic mass is 16.5. The number of hydrogen-bond acceptors (Lipinski definition) is 6. The Morgan fingerprint density at radius 1 is 1.38 bits per heavy atom. The molecule has 7 heteroatoms. The van der Waals surface area contributed by atoms with Gasteiger partial charge < -0.3 is 25.0 Å². The van der Waals surface area contributed by atoms with Crippen LogP contribution in [0.1, 0.15) is 39.5 Å². The molecule has 3 heterocycles. The third-order valence-corrected chi connectivity index (χ3v) is 7.06. The van der Waals surface area contributed by atoms with Gasteiger partial charge in [0.05, 0.1) is 42.4 Å². The summed E-state index contributed by atoms with van der Waals surface area (Å²) in [4.78, 5) is 26.3. The molecule has 2 aliphatic carbocycles. The summed E-state index contributed by atoms with van der Waals surface area (Å²) in [7, 11) is 0. The summed E-state index contributed by atoms with van der Waals surface area (Å²) >= 11 is 0. The SMILES string of the molecule is C[C@H](O)[C@H]1CCC2=C3C=CC(=O)C4=C3C(C3C[C@@H](CC(=O)O)O[C@H](C)C3=C4O)N21. The fourth-order valence-corrected chi connectivity index (χ4v) is 6.08. The van der Waals surface area contributed by atoms with Crippen molar-refractivity contribution in [3.63, 3.8) is 0 Å². The molecule has 29 heavy (non-hydrogen) atoms. The van der Waals surface area contributed by atoms with Gasteiger partial charge >= 0.3 is 5.97 Å². The zero-order valence-corrected chi connectivity index (χ0v) is 16.5. The number of aliphatic carboxylic acids is 1. The highest BCUT2D eigenvalue weighted by molar-refractivity contribution is 6.11. The second-order valence-electron chi connectivity index (χ2n) is 8.69. The number of fused-ring (bicyclic) bond motifs is 4. The topological polar surface area (TPSA) is 107 Å². The zero-order chi connectivity index (χ0) is 20.6. The van der Waals surface area contributed by atoms with Crippen molar-refractivity contribution in [2.75, 3.05) is 0 Å². The van der Waals surface area contributed by atoms with Crippen LogP contribution in [-0.2, 0) is 14.3 Å². The van der Waals surface area contributed by atoms with Gasteiger partial charge in [-0.05, 0) is 56.4 Å². The first-order chi connectivity index (χ1) is 13.8. The van der Waals surface area contributed by atoms with E-state index >= 15 is 0 Å². The molecular weight excluding hydrogens is 374 g/mol. The number of rotatable bonds is 3. The Morgan fingerprint density at radius 2 is 2.14 bits per heavy atom. The van der Waals surface area contributed by atoms with E-state index in [4.69, 9.17) is 4.74 Å². The van der Waals surface area contributed by atoms with E-state index in [1.165, 1.54) is 6.08 Å². The normalized spacial score (nSPS) is 36.4. The molecule has 7 nitrogen and oxygen atoms in total. The standard InChI is InChI=1S/C22H25NO6/c1-9(24)14-4-5-15-12-3-6-16(25)20-19(12)21(23(14)15)13-7-11(8-17(26)27)29-10(2)18(13)22(20)28/h3,6,9-11,13-14,21,24,28H,4-5,7-8H2,1-2H3,(H,26,27)/t9-,10+,11-,13?,14+,21?/m0/s1. The van der Waals surface area contributed by atoms with Crippen molar-refractivity contribution in [1.29, 1.82) is 0 Å². The molecule has 0 aromatic carbocycles. The van der Waals surface area contributed by atoms with Crippen LogP contribution in [0.3, 0.4) is 0 Å². The minimum atomic E-state index is -0.917. The zero-order valence-electron chi connectivity index (χ0n) is 16.5. The summed E-state index contributed by atoms with van der Waals surface area (Å²) in [5.41, 5.74) is 3.95. The van der Waals surface area contributed by atoms with Crippen molar-refractivity contribution in [2.24, 2.45) is 5.92 Å². The molecule has 3 aliphatic heterocycles. The Kier molecular flexibility index (Phi) is 4.05. The van der Waals surface area contributed by atoms with Gasteiger partial charge in [-0.15, -0.1) is 0 Å². The molecule has 0 bridgehead atoms. The van der Waals surface area contributed by atoms with E-state index in [1.807, 2.05) is 13.0 Å². The molecule has 3 N–H and O–H groups in total. The molecule has 0 amide bonds. The lowest BCUT2D eigenvalue weighted by atomic mass is 9.69. The molecule has 2 saturated heterocycles. The number of nitrogens with zero attached hydrogens (tertiary/aromatic N) is 1. The van der Waals surface area contributed by atoms with Gasteiger partial charge in [0.15, 0.2) is 5.78 Å². The Morgan fingerprint density at radius 3 is 2.83 bits per heavy atom. The van der Waals surface area contributed by atoms with Gasteiger partial charge in [0.25, 0.3) is 0 Å². The van der Waals surface area contributed by atoms with Gasteiger partial charge in [-0.1, -0.05) is 0 Å². The third-order valence-electron chi connectivity index (χ3n) is 7.06. The van der Waals surface area contributed by atoms with Crippen molar-refractivity contribution in [3.8, 4) is 0 Å². The lowest BCUT2D eigenvalue weighted by Crippen LogP contribution is -2.51. The molecule has 2 unspecified atom stereocenters. The Bertz CT molecular complexity index is 939. The lowest BCUT2D eigenvalue weighted by molar-refractivity contribution is -0.142. The molecule has 0 aromatic heterocycles. The summed E-state index contributed by atoms with van der Waals surface area (Å²) in [5.74, 6) is -1.30. The van der Waals surface area contributed by atoms with Crippen LogP contribution < -0.4 is 0 Å². The molecule has 0 aromatic rings. The van der Waals surface area contributed by atoms with E-state index < -0.39 is 24.3 Å². The molecule has 2 fully saturated rings. The second kappa shape index (κ2) is 6.31. The smallest absolute Gasteiger partial charge is 0.305 e. The van der Waals surface area contributed by atoms with Crippen molar-refractivity contribution in [3.05, 3.63) is 45.9 Å². The summed E-state index contributed by atoms with van der Waals surface area (Å²) in [6.45, 7) is 3.59. The summed E-state index contributed by atoms with van der Waals surface area (Å²) in [5, 5.41) is 30.8. The largest absolute Gasteiger partial charge is 0.507 e. The van der Waals surface area contributed by atoms with Crippen LogP contribution in [0.4, 0.5) is 0 Å². The van der Waals surface area contributed by atoms with Crippen LogP contribution in [0.15, 0.2) is 45.9 Å². The first kappa shape index (κ1) is 18.6. The maximum atomic E-state index is 12.7. The fourth-order valence-electron chi connectivity index (χ4n) is 6.08. The first-order valence-electron chi connectivity index (χ1n) is 10.3. The first-order valence-corrected chi connectivity index (χ1v) is 10.3. The van der Waals surface area contributed by atoms with Crippen molar-refractivity contribution >= 4 is 11.8 Å². The molecular formula is C22H25NO6. The molecule has 0 spiro atoms. The van der Waals surface area contributed by atoms with E-state index in [1.54, 1.807) is 6.92 Å². The summed E-state index contributed by atoms with van der Waals surface area (Å²) < 4.78 is 5.91. The average molecular weight is 399 g/mol. The van der Waals surface area contributed by atoms with E-state index in [0.29, 0.717) is 17.6 Å². The molecule has 5 aliphatic rings. The summed E-state index contributed by atoms with van der Waals surface area (Å²) in [6.07, 6.45) is 3.88. The maximum Gasteiger partial charge on any atom is 0.305 e. The van der Waals surface area contributed by atoms with Gasteiger partial charge in [0, 0.05) is 17.2 Å². The van der Waals surface area contributed by atoms with Crippen LogP contribution >= 0.6 is 0 Å². The Hall–Kier alpha value is -2.38. The van der Waals surface area contributed by atoms with E-state index in [0.717, 1.165) is 29.7 Å². The van der Waals surface area contributed by atoms with E-state index in [9.17, 15) is 24.9 Å². The number of allylic oxidation sites excluding steroid dienone is 4. The molecule has 0 radical (unpaired) electrons. The maximum absolute atomic E-state index is 12.7. The molecule has 0 saturated carbocycles. The van der Waals surface area contributed by atoms with Crippen LogP contribution in [0.5, 0.6) is 0 Å². The van der Waals surface area contributed by atoms with Crippen molar-refractivity contribution < 1.29 is 29.6 Å².